The third kappa shape index (κ3) is 2.40. The standard InChI is InChI=1S/C13H20N2O3/c1-4-17-12(16)13(2,3)11-14-10(15-18-11)9-7-5-6-8-9/h9H,4-8H2,1-3H3. The predicted molar refractivity (Wildman–Crippen MR) is 65.2 cm³/mol. The minimum Gasteiger partial charge on any atom is -0.465 e. The van der Waals surface area contributed by atoms with E-state index in [1.807, 2.05) is 0 Å². The molecule has 18 heavy (non-hydrogen) atoms. The molecule has 1 aromatic rings. The van der Waals surface area contributed by atoms with Crippen LogP contribution in [0.25, 0.3) is 0 Å². The van der Waals surface area contributed by atoms with Crippen molar-refractivity contribution in [3.8, 4) is 0 Å². The first kappa shape index (κ1) is 13.1. The van der Waals surface area contributed by atoms with Crippen LogP contribution in [0.3, 0.4) is 0 Å². The Hall–Kier alpha value is -1.39. The average Bonchev–Trinajstić information content (AvgIpc) is 3.00. The van der Waals surface area contributed by atoms with Crippen molar-refractivity contribution in [3.05, 3.63) is 11.7 Å². The minimum absolute atomic E-state index is 0.327. The molecule has 5 nitrogen and oxygen atoms in total. The molecule has 1 heterocycles. The first-order chi connectivity index (χ1) is 8.55. The molecular weight excluding hydrogens is 232 g/mol. The van der Waals surface area contributed by atoms with E-state index < -0.39 is 5.41 Å². The second-order valence-electron chi connectivity index (χ2n) is 5.28. The van der Waals surface area contributed by atoms with Crippen LogP contribution in [-0.4, -0.2) is 22.7 Å². The van der Waals surface area contributed by atoms with E-state index >= 15 is 0 Å². The number of carbonyl (C=O) groups excluding carboxylic acids is 1. The highest BCUT2D eigenvalue weighted by atomic mass is 16.5. The van der Waals surface area contributed by atoms with E-state index in [4.69, 9.17) is 9.26 Å². The SMILES string of the molecule is CCOC(=O)C(C)(C)c1nc(C2CCCC2)no1. The minimum atomic E-state index is -0.875. The molecule has 0 aromatic carbocycles. The van der Waals surface area contributed by atoms with Gasteiger partial charge in [0.15, 0.2) is 5.82 Å². The Bertz CT molecular complexity index is 420. The molecule has 2 rings (SSSR count). The van der Waals surface area contributed by atoms with Gasteiger partial charge < -0.3 is 9.26 Å². The molecular formula is C13H20N2O3. The maximum atomic E-state index is 11.8. The lowest BCUT2D eigenvalue weighted by Crippen LogP contribution is -2.31. The highest BCUT2D eigenvalue weighted by molar-refractivity contribution is 5.80. The largest absolute Gasteiger partial charge is 0.465 e. The normalized spacial score (nSPS) is 17.1. The summed E-state index contributed by atoms with van der Waals surface area (Å²) >= 11 is 0. The highest BCUT2D eigenvalue weighted by Crippen LogP contribution is 2.33. The molecule has 1 aromatic heterocycles. The van der Waals surface area contributed by atoms with Crippen LogP contribution in [0, 0.1) is 0 Å². The number of carbonyl (C=O) groups is 1. The van der Waals surface area contributed by atoms with E-state index in [-0.39, 0.29) is 5.97 Å². The van der Waals surface area contributed by atoms with Gasteiger partial charge in [-0.15, -0.1) is 0 Å². The van der Waals surface area contributed by atoms with E-state index in [1.165, 1.54) is 12.8 Å². The molecule has 0 radical (unpaired) electrons. The lowest BCUT2D eigenvalue weighted by Gasteiger charge is -2.17. The molecule has 1 saturated carbocycles. The van der Waals surface area contributed by atoms with Gasteiger partial charge in [-0.2, -0.15) is 4.98 Å². The third-order valence-corrected chi connectivity index (χ3v) is 3.48. The van der Waals surface area contributed by atoms with Gasteiger partial charge in [-0.25, -0.2) is 0 Å². The Morgan fingerprint density at radius 1 is 1.44 bits per heavy atom. The maximum absolute atomic E-state index is 11.8. The van der Waals surface area contributed by atoms with Gasteiger partial charge in [0.25, 0.3) is 0 Å². The van der Waals surface area contributed by atoms with E-state index in [1.54, 1.807) is 20.8 Å². The smallest absolute Gasteiger partial charge is 0.321 e. The molecule has 1 aliphatic rings. The number of hydrogen-bond donors (Lipinski definition) is 0. The van der Waals surface area contributed by atoms with Crippen LogP contribution < -0.4 is 0 Å². The Labute approximate surface area is 107 Å². The molecule has 1 aliphatic carbocycles. The van der Waals surface area contributed by atoms with Gasteiger partial charge in [0.1, 0.15) is 5.41 Å². The molecule has 0 atom stereocenters. The van der Waals surface area contributed by atoms with Crippen molar-refractivity contribution < 1.29 is 14.1 Å². The van der Waals surface area contributed by atoms with Crippen molar-refractivity contribution in [1.82, 2.24) is 10.1 Å². The van der Waals surface area contributed by atoms with E-state index in [0.717, 1.165) is 18.7 Å². The first-order valence-corrected chi connectivity index (χ1v) is 6.57. The fourth-order valence-electron chi connectivity index (χ4n) is 2.24. The van der Waals surface area contributed by atoms with Gasteiger partial charge >= 0.3 is 5.97 Å². The highest BCUT2D eigenvalue weighted by Gasteiger charge is 2.38. The Morgan fingerprint density at radius 3 is 2.72 bits per heavy atom. The molecule has 0 N–H and O–H groups in total. The second kappa shape index (κ2) is 5.08. The van der Waals surface area contributed by atoms with Gasteiger partial charge in [0.05, 0.1) is 6.61 Å². The van der Waals surface area contributed by atoms with Crippen LogP contribution >= 0.6 is 0 Å². The zero-order chi connectivity index (χ0) is 13.2. The lowest BCUT2D eigenvalue weighted by atomic mass is 9.93. The number of aromatic nitrogens is 2. The van der Waals surface area contributed by atoms with E-state index in [9.17, 15) is 4.79 Å². The lowest BCUT2D eigenvalue weighted by molar-refractivity contribution is -0.149. The molecule has 100 valence electrons. The van der Waals surface area contributed by atoms with Crippen molar-refractivity contribution >= 4 is 5.97 Å². The number of ether oxygens (including phenoxy) is 1. The van der Waals surface area contributed by atoms with Crippen molar-refractivity contribution in [2.75, 3.05) is 6.61 Å². The number of hydrogen-bond acceptors (Lipinski definition) is 5. The zero-order valence-corrected chi connectivity index (χ0v) is 11.2. The third-order valence-electron chi connectivity index (χ3n) is 3.48. The summed E-state index contributed by atoms with van der Waals surface area (Å²) in [7, 11) is 0. The van der Waals surface area contributed by atoms with Crippen LogP contribution in [-0.2, 0) is 14.9 Å². The topological polar surface area (TPSA) is 65.2 Å². The maximum Gasteiger partial charge on any atom is 0.321 e. The van der Waals surface area contributed by atoms with Gasteiger partial charge in [-0.3, -0.25) is 4.79 Å². The quantitative estimate of drug-likeness (QED) is 0.770. The summed E-state index contributed by atoms with van der Waals surface area (Å²) in [5.41, 5.74) is -0.875. The van der Waals surface area contributed by atoms with Gasteiger partial charge in [0.2, 0.25) is 5.89 Å². The molecule has 0 spiro atoms. The van der Waals surface area contributed by atoms with Crippen molar-refractivity contribution in [2.45, 2.75) is 57.8 Å². The Balaban J connectivity index is 2.15. The number of nitrogens with zero attached hydrogens (tertiary/aromatic N) is 2. The summed E-state index contributed by atoms with van der Waals surface area (Å²) in [5.74, 6) is 1.15. The van der Waals surface area contributed by atoms with E-state index in [0.29, 0.717) is 18.4 Å². The fourth-order valence-corrected chi connectivity index (χ4v) is 2.24. The van der Waals surface area contributed by atoms with Crippen molar-refractivity contribution in [1.29, 1.82) is 0 Å². The van der Waals surface area contributed by atoms with Crippen molar-refractivity contribution in [3.63, 3.8) is 0 Å². The van der Waals surface area contributed by atoms with Crippen LogP contribution in [0.5, 0.6) is 0 Å². The van der Waals surface area contributed by atoms with Crippen LogP contribution in [0.2, 0.25) is 0 Å². The molecule has 5 heteroatoms. The van der Waals surface area contributed by atoms with E-state index in [2.05, 4.69) is 10.1 Å². The number of esters is 1. The van der Waals surface area contributed by atoms with Crippen LogP contribution in [0.15, 0.2) is 4.52 Å². The Morgan fingerprint density at radius 2 is 2.11 bits per heavy atom. The summed E-state index contributed by atoms with van der Waals surface area (Å²) in [6, 6.07) is 0. The van der Waals surface area contributed by atoms with Crippen LogP contribution in [0.4, 0.5) is 0 Å². The van der Waals surface area contributed by atoms with Gasteiger partial charge in [-0.05, 0) is 33.6 Å². The first-order valence-electron chi connectivity index (χ1n) is 6.57. The van der Waals surface area contributed by atoms with Gasteiger partial charge in [-0.1, -0.05) is 18.0 Å². The summed E-state index contributed by atoms with van der Waals surface area (Å²) in [5, 5.41) is 4.01. The molecule has 1 fully saturated rings. The average molecular weight is 252 g/mol. The molecule has 0 amide bonds. The van der Waals surface area contributed by atoms with Gasteiger partial charge in [0, 0.05) is 5.92 Å². The summed E-state index contributed by atoms with van der Waals surface area (Å²) < 4.78 is 10.3. The summed E-state index contributed by atoms with van der Waals surface area (Å²) in [6.45, 7) is 5.63. The molecule has 0 bridgehead atoms. The predicted octanol–water partition coefficient (Wildman–Crippen LogP) is 2.57. The molecule has 0 saturated heterocycles. The molecule has 0 aliphatic heterocycles. The Kier molecular flexibility index (Phi) is 3.68. The fraction of sp³-hybridized carbons (Fsp3) is 0.769. The van der Waals surface area contributed by atoms with Crippen LogP contribution in [0.1, 0.15) is 64.1 Å². The molecule has 0 unspecified atom stereocenters. The summed E-state index contributed by atoms with van der Waals surface area (Å²) in [4.78, 5) is 16.2. The monoisotopic (exact) mass is 252 g/mol. The summed E-state index contributed by atoms with van der Waals surface area (Å²) in [6.07, 6.45) is 4.66. The zero-order valence-electron chi connectivity index (χ0n) is 11.2. The van der Waals surface area contributed by atoms with Crippen molar-refractivity contribution in [2.24, 2.45) is 0 Å². The second-order valence-corrected chi connectivity index (χ2v) is 5.28. The number of rotatable bonds is 4.